The van der Waals surface area contributed by atoms with Crippen LogP contribution in [0.2, 0.25) is 0 Å². The molecule has 1 amide bonds. The zero-order valence-electron chi connectivity index (χ0n) is 18.6. The van der Waals surface area contributed by atoms with Crippen molar-refractivity contribution < 1.29 is 19.2 Å². The molecule has 0 saturated heterocycles. The lowest BCUT2D eigenvalue weighted by Gasteiger charge is -2.12. The van der Waals surface area contributed by atoms with Crippen molar-refractivity contribution >= 4 is 23.3 Å². The summed E-state index contributed by atoms with van der Waals surface area (Å²) in [5.41, 5.74) is 4.57. The molecule has 1 unspecified atom stereocenters. The van der Waals surface area contributed by atoms with Gasteiger partial charge >= 0.3 is 11.7 Å². The van der Waals surface area contributed by atoms with Crippen molar-refractivity contribution in [2.45, 2.75) is 33.7 Å². The molecule has 0 radical (unpaired) electrons. The van der Waals surface area contributed by atoms with E-state index in [0.29, 0.717) is 28.3 Å². The van der Waals surface area contributed by atoms with Crippen molar-refractivity contribution in [3.8, 4) is 5.75 Å². The van der Waals surface area contributed by atoms with Crippen molar-refractivity contribution in [2.24, 2.45) is 5.10 Å². The SMILES string of the molecule is CC(=NNC(=O)C(C)n1nc(C)c([N+](=O)[O-])c1C)c1ccc(OC(=O)c2ccccc2)cc1. The normalized spacial score (nSPS) is 12.2. The lowest BCUT2D eigenvalue weighted by atomic mass is 10.1. The van der Waals surface area contributed by atoms with Gasteiger partial charge in [-0.3, -0.25) is 19.6 Å². The molecule has 0 bridgehead atoms. The molecule has 3 rings (SSSR count). The Labute approximate surface area is 190 Å². The Hall–Kier alpha value is -4.34. The molecule has 0 aliphatic heterocycles. The third-order valence-corrected chi connectivity index (χ3v) is 5.04. The van der Waals surface area contributed by atoms with E-state index in [-0.39, 0.29) is 11.4 Å². The first kappa shape index (κ1) is 23.3. The highest BCUT2D eigenvalue weighted by Crippen LogP contribution is 2.24. The van der Waals surface area contributed by atoms with Crippen LogP contribution in [-0.4, -0.2) is 32.3 Å². The molecular weight excluding hydrogens is 426 g/mol. The van der Waals surface area contributed by atoms with Crippen LogP contribution in [-0.2, 0) is 4.79 Å². The number of hydrazone groups is 1. The number of amides is 1. The summed E-state index contributed by atoms with van der Waals surface area (Å²) in [6, 6.07) is 14.6. The maximum absolute atomic E-state index is 12.5. The van der Waals surface area contributed by atoms with Crippen LogP contribution in [0, 0.1) is 24.0 Å². The second-order valence-corrected chi connectivity index (χ2v) is 7.35. The number of hydrogen-bond acceptors (Lipinski definition) is 7. The second kappa shape index (κ2) is 9.86. The zero-order valence-corrected chi connectivity index (χ0v) is 18.6. The number of carbonyl (C=O) groups is 2. The van der Waals surface area contributed by atoms with Crippen LogP contribution < -0.4 is 10.2 Å². The molecule has 0 fully saturated rings. The first-order valence-electron chi connectivity index (χ1n) is 10.1. The predicted octanol–water partition coefficient (Wildman–Crippen LogP) is 3.73. The van der Waals surface area contributed by atoms with Gasteiger partial charge in [0.05, 0.1) is 16.2 Å². The smallest absolute Gasteiger partial charge is 0.343 e. The first-order valence-corrected chi connectivity index (χ1v) is 10.1. The van der Waals surface area contributed by atoms with E-state index < -0.39 is 22.8 Å². The Bertz CT molecular complexity index is 1220. The number of nitro groups is 1. The van der Waals surface area contributed by atoms with Gasteiger partial charge in [0.15, 0.2) is 0 Å². The lowest BCUT2D eigenvalue weighted by molar-refractivity contribution is -0.386. The Morgan fingerprint density at radius 2 is 1.73 bits per heavy atom. The largest absolute Gasteiger partial charge is 0.423 e. The van der Waals surface area contributed by atoms with Gasteiger partial charge in [-0.1, -0.05) is 18.2 Å². The monoisotopic (exact) mass is 449 g/mol. The van der Waals surface area contributed by atoms with Crippen LogP contribution in [0.15, 0.2) is 59.7 Å². The quantitative estimate of drug-likeness (QED) is 0.192. The molecule has 1 atom stereocenters. The molecule has 33 heavy (non-hydrogen) atoms. The lowest BCUT2D eigenvalue weighted by Crippen LogP contribution is -2.29. The Kier molecular flexibility index (Phi) is 6.97. The maximum Gasteiger partial charge on any atom is 0.343 e. The number of rotatable bonds is 7. The van der Waals surface area contributed by atoms with Crippen molar-refractivity contribution in [3.05, 3.63) is 87.2 Å². The molecule has 3 aromatic rings. The highest BCUT2D eigenvalue weighted by molar-refractivity contribution is 5.99. The number of benzene rings is 2. The van der Waals surface area contributed by atoms with Gasteiger partial charge in [-0.25, -0.2) is 10.2 Å². The Balaban J connectivity index is 1.65. The molecule has 0 spiro atoms. The molecule has 170 valence electrons. The van der Waals surface area contributed by atoms with E-state index in [1.807, 2.05) is 6.07 Å². The number of carbonyl (C=O) groups excluding carboxylic acids is 2. The van der Waals surface area contributed by atoms with Crippen LogP contribution in [0.5, 0.6) is 5.75 Å². The highest BCUT2D eigenvalue weighted by Gasteiger charge is 2.27. The fraction of sp³-hybridized carbons (Fsp3) is 0.217. The summed E-state index contributed by atoms with van der Waals surface area (Å²) in [4.78, 5) is 35.3. The van der Waals surface area contributed by atoms with Crippen LogP contribution in [0.4, 0.5) is 5.69 Å². The highest BCUT2D eigenvalue weighted by atomic mass is 16.6. The van der Waals surface area contributed by atoms with Crippen molar-refractivity contribution in [1.29, 1.82) is 0 Å². The van der Waals surface area contributed by atoms with E-state index in [4.69, 9.17) is 4.74 Å². The van der Waals surface area contributed by atoms with E-state index in [1.54, 1.807) is 69.3 Å². The second-order valence-electron chi connectivity index (χ2n) is 7.35. The molecule has 1 aromatic heterocycles. The molecule has 10 heteroatoms. The zero-order chi connectivity index (χ0) is 24.1. The van der Waals surface area contributed by atoms with E-state index in [1.165, 1.54) is 11.6 Å². The van der Waals surface area contributed by atoms with Crippen molar-refractivity contribution in [3.63, 3.8) is 0 Å². The number of nitrogens with zero attached hydrogens (tertiary/aromatic N) is 4. The van der Waals surface area contributed by atoms with Gasteiger partial charge < -0.3 is 4.74 Å². The van der Waals surface area contributed by atoms with Crippen LogP contribution in [0.1, 0.15) is 47.2 Å². The summed E-state index contributed by atoms with van der Waals surface area (Å²) in [6.45, 7) is 6.36. The van der Waals surface area contributed by atoms with Gasteiger partial charge in [0.1, 0.15) is 23.2 Å². The average molecular weight is 449 g/mol. The van der Waals surface area contributed by atoms with E-state index in [9.17, 15) is 19.7 Å². The summed E-state index contributed by atoms with van der Waals surface area (Å²) in [5, 5.41) is 19.4. The molecular formula is C23H23N5O5. The number of aryl methyl sites for hydroxylation is 1. The average Bonchev–Trinajstić information content (AvgIpc) is 3.11. The third-order valence-electron chi connectivity index (χ3n) is 5.04. The summed E-state index contributed by atoms with van der Waals surface area (Å²) in [6.07, 6.45) is 0. The Morgan fingerprint density at radius 3 is 2.30 bits per heavy atom. The molecule has 0 aliphatic carbocycles. The van der Waals surface area contributed by atoms with Gasteiger partial charge in [0.2, 0.25) is 0 Å². The van der Waals surface area contributed by atoms with E-state index in [2.05, 4.69) is 15.6 Å². The number of nitrogens with one attached hydrogen (secondary N) is 1. The Morgan fingerprint density at radius 1 is 1.09 bits per heavy atom. The summed E-state index contributed by atoms with van der Waals surface area (Å²) in [7, 11) is 0. The number of aromatic nitrogens is 2. The number of hydrogen-bond donors (Lipinski definition) is 1. The first-order chi connectivity index (χ1) is 15.7. The van der Waals surface area contributed by atoms with Crippen molar-refractivity contribution in [2.75, 3.05) is 0 Å². The molecule has 10 nitrogen and oxygen atoms in total. The molecule has 0 aliphatic rings. The van der Waals surface area contributed by atoms with Crippen LogP contribution >= 0.6 is 0 Å². The molecule has 1 heterocycles. The third kappa shape index (κ3) is 5.29. The molecule has 0 saturated carbocycles. The van der Waals surface area contributed by atoms with Gasteiger partial charge in [-0.15, -0.1) is 0 Å². The standard InChI is InChI=1S/C23H23N5O5/c1-14(18-10-12-20(13-11-18)33-23(30)19-8-6-5-7-9-19)24-25-22(29)17(4)27-16(3)21(28(31)32)15(2)26-27/h5-13,17H,1-4H3,(H,25,29). The fourth-order valence-corrected chi connectivity index (χ4v) is 3.21. The maximum atomic E-state index is 12.5. The van der Waals surface area contributed by atoms with Gasteiger partial charge in [-0.2, -0.15) is 10.2 Å². The number of esters is 1. The van der Waals surface area contributed by atoms with Gasteiger partial charge in [-0.05, 0) is 69.7 Å². The van der Waals surface area contributed by atoms with E-state index in [0.717, 1.165) is 0 Å². The summed E-state index contributed by atoms with van der Waals surface area (Å²) in [5.74, 6) is -0.549. The van der Waals surface area contributed by atoms with Gasteiger partial charge in [0.25, 0.3) is 5.91 Å². The predicted molar refractivity (Wildman–Crippen MR) is 121 cm³/mol. The van der Waals surface area contributed by atoms with Crippen molar-refractivity contribution in [1.82, 2.24) is 15.2 Å². The summed E-state index contributed by atoms with van der Waals surface area (Å²) < 4.78 is 6.66. The minimum Gasteiger partial charge on any atom is -0.423 e. The molecule has 2 aromatic carbocycles. The molecule has 1 N–H and O–H groups in total. The minimum atomic E-state index is -0.797. The van der Waals surface area contributed by atoms with E-state index >= 15 is 0 Å². The fourth-order valence-electron chi connectivity index (χ4n) is 3.21. The minimum absolute atomic E-state index is 0.109. The topological polar surface area (TPSA) is 129 Å². The van der Waals surface area contributed by atoms with Crippen LogP contribution in [0.3, 0.4) is 0 Å². The number of ether oxygens (including phenoxy) is 1. The summed E-state index contributed by atoms with van der Waals surface area (Å²) >= 11 is 0. The van der Waals surface area contributed by atoms with Crippen LogP contribution in [0.25, 0.3) is 0 Å². The van der Waals surface area contributed by atoms with Gasteiger partial charge in [0, 0.05) is 0 Å².